The molecule has 0 heterocycles. The van der Waals surface area contributed by atoms with Crippen molar-refractivity contribution in [2.24, 2.45) is 11.5 Å². The molecule has 0 aliphatic rings. The average Bonchev–Trinajstić information content (AvgIpc) is 1.61. The van der Waals surface area contributed by atoms with Gasteiger partial charge in [0.05, 0.1) is 0 Å². The predicted octanol–water partition coefficient (Wildman–Crippen LogP) is 0.528. The summed E-state index contributed by atoms with van der Waals surface area (Å²) in [5.74, 6) is 0. The van der Waals surface area contributed by atoms with E-state index < -0.39 is 0 Å². The van der Waals surface area contributed by atoms with Gasteiger partial charge in [-0.2, -0.15) is 0 Å². The van der Waals surface area contributed by atoms with Gasteiger partial charge in [0, 0.05) is 0 Å². The minimum Gasteiger partial charge on any atom is -0.330 e. The van der Waals surface area contributed by atoms with Crippen LogP contribution in [0.15, 0.2) is 0 Å². The lowest BCUT2D eigenvalue weighted by Gasteiger charge is -1.87. The van der Waals surface area contributed by atoms with Crippen molar-refractivity contribution in [3.8, 4) is 0 Å². The van der Waals surface area contributed by atoms with Crippen LogP contribution in [0.25, 0.3) is 0 Å². The van der Waals surface area contributed by atoms with E-state index in [1.807, 2.05) is 0 Å². The molecule has 0 saturated heterocycles. The second kappa shape index (κ2) is 15.6. The molecule has 0 bridgehead atoms. The zero-order chi connectivity index (χ0) is 4.83. The Morgan fingerprint density at radius 2 is 1.00 bits per heavy atom. The first-order valence-electron chi connectivity index (χ1n) is 2.32. The van der Waals surface area contributed by atoms with Gasteiger partial charge in [-0.1, -0.05) is 0 Å². The van der Waals surface area contributed by atoms with Crippen LogP contribution >= 0.6 is 24.8 Å². The molecule has 2 nitrogen and oxygen atoms in total. The highest BCUT2D eigenvalue weighted by Crippen LogP contribution is 1.77. The zero-order valence-electron chi connectivity index (χ0n) is 4.80. The van der Waals surface area contributed by atoms with E-state index in [-0.39, 0.29) is 24.8 Å². The molecule has 4 heteroatoms. The molecule has 0 fully saturated rings. The summed E-state index contributed by atoms with van der Waals surface area (Å²) >= 11 is 0. The molecular formula is C4H14Cl2N2. The number of hydrogen-bond donors (Lipinski definition) is 2. The molecule has 0 radical (unpaired) electrons. The molecule has 0 aromatic rings. The topological polar surface area (TPSA) is 52.0 Å². The Hall–Kier alpha value is 0.500. The third kappa shape index (κ3) is 16.1. The van der Waals surface area contributed by atoms with Crippen LogP contribution in [-0.4, -0.2) is 13.1 Å². The van der Waals surface area contributed by atoms with Gasteiger partial charge >= 0.3 is 0 Å². The summed E-state index contributed by atoms with van der Waals surface area (Å²) in [5, 5.41) is 0. The highest BCUT2D eigenvalue weighted by atomic mass is 35.5. The van der Waals surface area contributed by atoms with Crippen LogP contribution in [0.5, 0.6) is 0 Å². The number of halogens is 2. The van der Waals surface area contributed by atoms with Gasteiger partial charge in [-0.25, -0.2) is 0 Å². The molecule has 54 valence electrons. The Labute approximate surface area is 62.8 Å². The Balaban J connectivity index is -0.000000125. The van der Waals surface area contributed by atoms with E-state index in [4.69, 9.17) is 11.5 Å². The molecule has 0 rings (SSSR count). The molecule has 0 aliphatic carbocycles. The third-order valence-electron chi connectivity index (χ3n) is 0.658. The third-order valence-corrected chi connectivity index (χ3v) is 0.658. The minimum atomic E-state index is 0. The molecule has 4 N–H and O–H groups in total. The van der Waals surface area contributed by atoms with Crippen LogP contribution in [0, 0.1) is 0 Å². The Morgan fingerprint density at radius 3 is 1.12 bits per heavy atom. The number of rotatable bonds is 3. The molecular weight excluding hydrogens is 147 g/mol. The van der Waals surface area contributed by atoms with Gasteiger partial charge in [-0.3, -0.25) is 0 Å². The first-order valence-corrected chi connectivity index (χ1v) is 2.32. The fourth-order valence-electron chi connectivity index (χ4n) is 0.289. The smallest absolute Gasteiger partial charge is 0.00768 e. The summed E-state index contributed by atoms with van der Waals surface area (Å²) < 4.78 is 0. The van der Waals surface area contributed by atoms with E-state index in [1.165, 1.54) is 0 Å². The van der Waals surface area contributed by atoms with E-state index in [0.717, 1.165) is 25.9 Å². The van der Waals surface area contributed by atoms with Crippen LogP contribution in [0.3, 0.4) is 0 Å². The molecule has 0 spiro atoms. The van der Waals surface area contributed by atoms with Gasteiger partial charge < -0.3 is 11.5 Å². The fraction of sp³-hybridized carbons (Fsp3) is 1.00. The van der Waals surface area contributed by atoms with E-state index in [2.05, 4.69) is 0 Å². The summed E-state index contributed by atoms with van der Waals surface area (Å²) in [4.78, 5) is 0. The summed E-state index contributed by atoms with van der Waals surface area (Å²) in [6.07, 6.45) is 2.13. The van der Waals surface area contributed by atoms with E-state index in [1.54, 1.807) is 0 Å². The molecule has 0 amide bonds. The zero-order valence-corrected chi connectivity index (χ0v) is 6.43. The molecule has 0 atom stereocenters. The van der Waals surface area contributed by atoms with Crippen LogP contribution < -0.4 is 11.5 Å². The van der Waals surface area contributed by atoms with Crippen molar-refractivity contribution in [3.63, 3.8) is 0 Å². The van der Waals surface area contributed by atoms with Crippen molar-refractivity contribution in [1.82, 2.24) is 0 Å². The number of hydrogen-bond acceptors (Lipinski definition) is 2. The number of unbranched alkanes of at least 4 members (excludes halogenated alkanes) is 1. The van der Waals surface area contributed by atoms with Crippen LogP contribution in [-0.2, 0) is 0 Å². The van der Waals surface area contributed by atoms with Crippen molar-refractivity contribution >= 4 is 24.8 Å². The molecule has 0 aliphatic heterocycles. The second-order valence-corrected chi connectivity index (χ2v) is 1.28. The van der Waals surface area contributed by atoms with E-state index in [0.29, 0.717) is 0 Å². The Morgan fingerprint density at radius 1 is 0.750 bits per heavy atom. The fourth-order valence-corrected chi connectivity index (χ4v) is 0.289. The van der Waals surface area contributed by atoms with Crippen molar-refractivity contribution in [2.45, 2.75) is 12.8 Å². The van der Waals surface area contributed by atoms with Crippen LogP contribution in [0.2, 0.25) is 0 Å². The lowest BCUT2D eigenvalue weighted by atomic mass is 10.3. The predicted molar refractivity (Wildman–Crippen MR) is 41.8 cm³/mol. The maximum Gasteiger partial charge on any atom is -0.00768 e. The summed E-state index contributed by atoms with van der Waals surface area (Å²) in [6.45, 7) is 1.55. The highest BCUT2D eigenvalue weighted by molar-refractivity contribution is 5.85. The van der Waals surface area contributed by atoms with Crippen molar-refractivity contribution < 1.29 is 0 Å². The molecule has 8 heavy (non-hydrogen) atoms. The normalized spacial score (nSPS) is 6.75. The first-order chi connectivity index (χ1) is 2.91. The summed E-state index contributed by atoms with van der Waals surface area (Å²) in [5.41, 5.74) is 10.3. The lowest BCUT2D eigenvalue weighted by Crippen LogP contribution is -2.03. The lowest BCUT2D eigenvalue weighted by molar-refractivity contribution is 0.755. The molecule has 0 unspecified atom stereocenters. The van der Waals surface area contributed by atoms with Crippen LogP contribution in [0.1, 0.15) is 12.8 Å². The van der Waals surface area contributed by atoms with Crippen LogP contribution in [0.4, 0.5) is 0 Å². The van der Waals surface area contributed by atoms with Gasteiger partial charge in [-0.15, -0.1) is 24.8 Å². The Kier molecular flexibility index (Phi) is 30.9. The first kappa shape index (κ1) is 15.8. The van der Waals surface area contributed by atoms with Crippen molar-refractivity contribution in [2.75, 3.05) is 13.1 Å². The quantitative estimate of drug-likeness (QED) is 0.593. The second-order valence-electron chi connectivity index (χ2n) is 1.28. The molecule has 0 aromatic carbocycles. The maximum atomic E-state index is 5.16. The van der Waals surface area contributed by atoms with E-state index >= 15 is 0 Å². The van der Waals surface area contributed by atoms with Gasteiger partial charge in [0.1, 0.15) is 0 Å². The maximum absolute atomic E-state index is 5.16. The largest absolute Gasteiger partial charge is 0.330 e. The van der Waals surface area contributed by atoms with Gasteiger partial charge in [0.2, 0.25) is 0 Å². The van der Waals surface area contributed by atoms with Crippen molar-refractivity contribution in [1.29, 1.82) is 0 Å². The van der Waals surface area contributed by atoms with Gasteiger partial charge in [0.25, 0.3) is 0 Å². The number of nitrogens with two attached hydrogens (primary N) is 2. The molecule has 0 aromatic heterocycles. The minimum absolute atomic E-state index is 0. The SMILES string of the molecule is Cl.Cl.NCCCCN. The van der Waals surface area contributed by atoms with E-state index in [9.17, 15) is 0 Å². The monoisotopic (exact) mass is 160 g/mol. The molecule has 0 saturated carbocycles. The average molecular weight is 161 g/mol. The Bertz CT molecular complexity index is 24.0. The summed E-state index contributed by atoms with van der Waals surface area (Å²) in [7, 11) is 0. The van der Waals surface area contributed by atoms with Gasteiger partial charge in [-0.05, 0) is 25.9 Å². The van der Waals surface area contributed by atoms with Gasteiger partial charge in [0.15, 0.2) is 0 Å². The standard InChI is InChI=1S/C4H12N2.2ClH/c5-3-1-2-4-6;;/h1-6H2;2*1H. The van der Waals surface area contributed by atoms with Crippen molar-refractivity contribution in [3.05, 3.63) is 0 Å². The summed E-state index contributed by atoms with van der Waals surface area (Å²) in [6, 6.07) is 0. The highest BCUT2D eigenvalue weighted by Gasteiger charge is 1.75.